The molecule has 0 bridgehead atoms. The number of aliphatic carboxylic acids is 1. The van der Waals surface area contributed by atoms with Crippen LogP contribution in [0.5, 0.6) is 5.75 Å². The van der Waals surface area contributed by atoms with Crippen molar-refractivity contribution in [3.63, 3.8) is 0 Å². The van der Waals surface area contributed by atoms with Crippen LogP contribution in [0.2, 0.25) is 5.02 Å². The molecular formula is C14H18ClNO3. The highest BCUT2D eigenvalue weighted by atomic mass is 35.5. The Morgan fingerprint density at radius 2 is 2.32 bits per heavy atom. The van der Waals surface area contributed by atoms with Gasteiger partial charge in [0, 0.05) is 23.2 Å². The summed E-state index contributed by atoms with van der Waals surface area (Å²) < 4.78 is 5.32. The van der Waals surface area contributed by atoms with E-state index in [4.69, 9.17) is 21.4 Å². The van der Waals surface area contributed by atoms with Gasteiger partial charge < -0.3 is 9.84 Å². The zero-order valence-corrected chi connectivity index (χ0v) is 11.9. The molecule has 0 radical (unpaired) electrons. The van der Waals surface area contributed by atoms with E-state index in [1.165, 1.54) is 0 Å². The van der Waals surface area contributed by atoms with Crippen molar-refractivity contribution in [2.45, 2.75) is 25.9 Å². The number of carbonyl (C=O) groups is 1. The minimum atomic E-state index is -0.715. The van der Waals surface area contributed by atoms with E-state index in [2.05, 4.69) is 4.90 Å². The van der Waals surface area contributed by atoms with E-state index in [9.17, 15) is 4.79 Å². The monoisotopic (exact) mass is 283 g/mol. The molecular weight excluding hydrogens is 266 g/mol. The lowest BCUT2D eigenvalue weighted by Crippen LogP contribution is -2.32. The van der Waals surface area contributed by atoms with Gasteiger partial charge in [0.1, 0.15) is 5.75 Å². The van der Waals surface area contributed by atoms with Crippen molar-refractivity contribution in [3.05, 3.63) is 28.8 Å². The molecule has 1 heterocycles. The van der Waals surface area contributed by atoms with E-state index < -0.39 is 5.97 Å². The largest absolute Gasteiger partial charge is 0.496 e. The molecule has 1 aromatic carbocycles. The number of benzene rings is 1. The number of carboxylic acid groups (broad SMARTS) is 1. The van der Waals surface area contributed by atoms with Crippen LogP contribution in [0, 0.1) is 5.92 Å². The van der Waals surface area contributed by atoms with Gasteiger partial charge in [0.15, 0.2) is 0 Å². The standard InChI is InChI=1S/C14H18ClNO3/c1-9-12(14(17)18)5-6-16(9)8-10-7-11(15)3-4-13(10)19-2/h3-4,7,9,12H,5-6,8H2,1-2H3,(H,17,18). The molecule has 1 aliphatic heterocycles. The van der Waals surface area contributed by atoms with Gasteiger partial charge >= 0.3 is 5.97 Å². The molecule has 0 saturated carbocycles. The molecule has 2 rings (SSSR count). The summed E-state index contributed by atoms with van der Waals surface area (Å²) in [5.41, 5.74) is 0.993. The normalized spacial score (nSPS) is 23.5. The first-order chi connectivity index (χ1) is 9.02. The summed E-state index contributed by atoms with van der Waals surface area (Å²) in [6.07, 6.45) is 0.694. The van der Waals surface area contributed by atoms with Crippen molar-refractivity contribution in [1.29, 1.82) is 0 Å². The first kappa shape index (κ1) is 14.2. The van der Waals surface area contributed by atoms with Gasteiger partial charge in [-0.1, -0.05) is 11.6 Å². The number of nitrogens with zero attached hydrogens (tertiary/aromatic N) is 1. The van der Waals surface area contributed by atoms with Crippen LogP contribution in [0.3, 0.4) is 0 Å². The van der Waals surface area contributed by atoms with Crippen LogP contribution in [0.15, 0.2) is 18.2 Å². The summed E-state index contributed by atoms with van der Waals surface area (Å²) in [5, 5.41) is 9.80. The average Bonchev–Trinajstić information content (AvgIpc) is 2.71. The minimum Gasteiger partial charge on any atom is -0.496 e. The molecule has 19 heavy (non-hydrogen) atoms. The predicted octanol–water partition coefficient (Wildman–Crippen LogP) is 2.64. The maximum atomic E-state index is 11.1. The number of hydrogen-bond acceptors (Lipinski definition) is 3. The second-order valence-electron chi connectivity index (χ2n) is 4.90. The zero-order chi connectivity index (χ0) is 14.0. The van der Waals surface area contributed by atoms with Crippen molar-refractivity contribution < 1.29 is 14.6 Å². The van der Waals surface area contributed by atoms with Crippen LogP contribution in [0.25, 0.3) is 0 Å². The van der Waals surface area contributed by atoms with Crippen molar-refractivity contribution in [1.82, 2.24) is 4.90 Å². The third-order valence-corrected chi connectivity index (χ3v) is 4.05. The van der Waals surface area contributed by atoms with E-state index in [0.29, 0.717) is 18.0 Å². The number of ether oxygens (including phenoxy) is 1. The maximum Gasteiger partial charge on any atom is 0.308 e. The molecule has 104 valence electrons. The highest BCUT2D eigenvalue weighted by Gasteiger charge is 2.35. The number of rotatable bonds is 4. The Labute approximate surface area is 117 Å². The second kappa shape index (κ2) is 5.80. The molecule has 1 aliphatic rings. The third kappa shape index (κ3) is 3.01. The summed E-state index contributed by atoms with van der Waals surface area (Å²) in [5.74, 6) is -0.214. The quantitative estimate of drug-likeness (QED) is 0.923. The Hall–Kier alpha value is -1.26. The Morgan fingerprint density at radius 1 is 1.58 bits per heavy atom. The van der Waals surface area contributed by atoms with E-state index in [0.717, 1.165) is 17.9 Å². The first-order valence-corrected chi connectivity index (χ1v) is 6.70. The topological polar surface area (TPSA) is 49.8 Å². The third-order valence-electron chi connectivity index (χ3n) is 3.82. The number of hydrogen-bond donors (Lipinski definition) is 1. The fourth-order valence-corrected chi connectivity index (χ4v) is 2.84. The Kier molecular flexibility index (Phi) is 4.32. The number of likely N-dealkylation sites (tertiary alicyclic amines) is 1. The molecule has 1 fully saturated rings. The molecule has 5 heteroatoms. The Morgan fingerprint density at radius 3 is 2.89 bits per heavy atom. The summed E-state index contributed by atoms with van der Waals surface area (Å²) in [6, 6.07) is 5.53. The van der Waals surface area contributed by atoms with Gasteiger partial charge in [0.05, 0.1) is 13.0 Å². The predicted molar refractivity (Wildman–Crippen MR) is 73.6 cm³/mol. The van der Waals surface area contributed by atoms with Gasteiger partial charge in [-0.25, -0.2) is 0 Å². The lowest BCUT2D eigenvalue weighted by atomic mass is 10.0. The molecule has 1 N–H and O–H groups in total. The second-order valence-corrected chi connectivity index (χ2v) is 5.34. The maximum absolute atomic E-state index is 11.1. The van der Waals surface area contributed by atoms with Gasteiger partial charge in [-0.05, 0) is 38.1 Å². The van der Waals surface area contributed by atoms with Gasteiger partial charge in [-0.15, -0.1) is 0 Å². The average molecular weight is 284 g/mol. The Balaban J connectivity index is 2.14. The van der Waals surface area contributed by atoms with Crippen LogP contribution in [0.4, 0.5) is 0 Å². The minimum absolute atomic E-state index is 0.0289. The van der Waals surface area contributed by atoms with Crippen LogP contribution < -0.4 is 4.74 Å². The van der Waals surface area contributed by atoms with Crippen molar-refractivity contribution >= 4 is 17.6 Å². The van der Waals surface area contributed by atoms with E-state index >= 15 is 0 Å². The number of carboxylic acids is 1. The summed E-state index contributed by atoms with van der Waals surface area (Å²) >= 11 is 6.01. The fourth-order valence-electron chi connectivity index (χ4n) is 2.65. The molecule has 2 unspecified atom stereocenters. The number of halogens is 1. The smallest absolute Gasteiger partial charge is 0.308 e. The van der Waals surface area contributed by atoms with Crippen LogP contribution >= 0.6 is 11.6 Å². The molecule has 1 saturated heterocycles. The van der Waals surface area contributed by atoms with Gasteiger partial charge in [0.2, 0.25) is 0 Å². The lowest BCUT2D eigenvalue weighted by Gasteiger charge is -2.24. The van der Waals surface area contributed by atoms with Crippen molar-refractivity contribution in [2.24, 2.45) is 5.92 Å². The van der Waals surface area contributed by atoms with E-state index in [-0.39, 0.29) is 12.0 Å². The van der Waals surface area contributed by atoms with Gasteiger partial charge in [-0.3, -0.25) is 9.69 Å². The highest BCUT2D eigenvalue weighted by Crippen LogP contribution is 2.30. The molecule has 0 aliphatic carbocycles. The molecule has 1 aromatic rings. The van der Waals surface area contributed by atoms with Crippen LogP contribution in [-0.4, -0.2) is 35.7 Å². The lowest BCUT2D eigenvalue weighted by molar-refractivity contribution is -0.142. The van der Waals surface area contributed by atoms with Gasteiger partial charge in [0.25, 0.3) is 0 Å². The highest BCUT2D eigenvalue weighted by molar-refractivity contribution is 6.30. The SMILES string of the molecule is COc1ccc(Cl)cc1CN1CCC(C(=O)O)C1C. The van der Waals surface area contributed by atoms with Crippen LogP contribution in [0.1, 0.15) is 18.9 Å². The van der Waals surface area contributed by atoms with Gasteiger partial charge in [-0.2, -0.15) is 0 Å². The molecule has 2 atom stereocenters. The molecule has 0 spiro atoms. The van der Waals surface area contributed by atoms with E-state index in [1.807, 2.05) is 19.1 Å². The number of methoxy groups -OCH3 is 1. The van der Waals surface area contributed by atoms with Crippen molar-refractivity contribution in [3.8, 4) is 5.75 Å². The molecule has 4 nitrogen and oxygen atoms in total. The molecule has 0 aromatic heterocycles. The molecule has 0 amide bonds. The first-order valence-electron chi connectivity index (χ1n) is 6.32. The summed E-state index contributed by atoms with van der Waals surface area (Å²) in [6.45, 7) is 3.41. The summed E-state index contributed by atoms with van der Waals surface area (Å²) in [7, 11) is 1.63. The van der Waals surface area contributed by atoms with Crippen molar-refractivity contribution in [2.75, 3.05) is 13.7 Å². The van der Waals surface area contributed by atoms with Crippen LogP contribution in [-0.2, 0) is 11.3 Å². The van der Waals surface area contributed by atoms with E-state index in [1.54, 1.807) is 13.2 Å². The fraction of sp³-hybridized carbons (Fsp3) is 0.500. The Bertz CT molecular complexity index is 478. The summed E-state index contributed by atoms with van der Waals surface area (Å²) in [4.78, 5) is 13.3. The zero-order valence-electron chi connectivity index (χ0n) is 11.1.